The monoisotopic (exact) mass is 273 g/mol. The lowest BCUT2D eigenvalue weighted by Crippen LogP contribution is -2.26. The second-order valence-electron chi connectivity index (χ2n) is 5.59. The second kappa shape index (κ2) is 5.34. The van der Waals surface area contributed by atoms with Crippen molar-refractivity contribution in [3.05, 3.63) is 46.5 Å². The largest absolute Gasteiger partial charge is 0.396 e. The minimum Gasteiger partial charge on any atom is -0.396 e. The Morgan fingerprint density at radius 3 is 3.00 bits per heavy atom. The van der Waals surface area contributed by atoms with Gasteiger partial charge in [0.2, 0.25) is 0 Å². The van der Waals surface area contributed by atoms with Crippen LogP contribution in [0.4, 0.5) is 0 Å². The number of hydrogen-bond acceptors (Lipinski definition) is 4. The van der Waals surface area contributed by atoms with Gasteiger partial charge >= 0.3 is 0 Å². The fourth-order valence-corrected chi connectivity index (χ4v) is 2.58. The third kappa shape index (κ3) is 2.73. The van der Waals surface area contributed by atoms with Crippen LogP contribution in [0.1, 0.15) is 25.0 Å². The second-order valence-corrected chi connectivity index (χ2v) is 5.59. The quantitative estimate of drug-likeness (QED) is 0.822. The lowest BCUT2D eigenvalue weighted by Gasteiger charge is -2.14. The lowest BCUT2D eigenvalue weighted by atomic mass is 10.0. The Labute approximate surface area is 117 Å². The van der Waals surface area contributed by atoms with Gasteiger partial charge in [-0.15, -0.1) is 0 Å². The predicted molar refractivity (Wildman–Crippen MR) is 76.5 cm³/mol. The van der Waals surface area contributed by atoms with Crippen LogP contribution >= 0.6 is 0 Å². The van der Waals surface area contributed by atoms with Crippen LogP contribution in [0, 0.1) is 5.41 Å². The SMILES string of the molecule is O=c1cc(CNCC2(CCO)CC2)nc2ccccn12. The summed E-state index contributed by atoms with van der Waals surface area (Å²) in [7, 11) is 0. The first-order valence-corrected chi connectivity index (χ1v) is 7.01. The van der Waals surface area contributed by atoms with Crippen molar-refractivity contribution >= 4 is 5.65 Å². The zero-order valence-electron chi connectivity index (χ0n) is 11.4. The van der Waals surface area contributed by atoms with Gasteiger partial charge in [0.15, 0.2) is 0 Å². The van der Waals surface area contributed by atoms with Crippen molar-refractivity contribution in [1.29, 1.82) is 0 Å². The number of fused-ring (bicyclic) bond motifs is 1. The van der Waals surface area contributed by atoms with Crippen molar-refractivity contribution < 1.29 is 5.11 Å². The number of nitrogens with zero attached hydrogens (tertiary/aromatic N) is 2. The van der Waals surface area contributed by atoms with Gasteiger partial charge < -0.3 is 10.4 Å². The lowest BCUT2D eigenvalue weighted by molar-refractivity contribution is 0.245. The van der Waals surface area contributed by atoms with Crippen LogP contribution in [0.15, 0.2) is 35.3 Å². The molecule has 2 aromatic rings. The molecule has 2 heterocycles. The molecule has 0 bridgehead atoms. The van der Waals surface area contributed by atoms with Crippen LogP contribution in [0.3, 0.4) is 0 Å². The van der Waals surface area contributed by atoms with Crippen LogP contribution in [0.2, 0.25) is 0 Å². The van der Waals surface area contributed by atoms with E-state index >= 15 is 0 Å². The number of nitrogens with one attached hydrogen (secondary N) is 1. The highest BCUT2D eigenvalue weighted by atomic mass is 16.3. The minimum atomic E-state index is -0.0520. The summed E-state index contributed by atoms with van der Waals surface area (Å²) >= 11 is 0. The molecular formula is C15H19N3O2. The van der Waals surface area contributed by atoms with E-state index in [1.54, 1.807) is 12.3 Å². The summed E-state index contributed by atoms with van der Waals surface area (Å²) in [6, 6.07) is 7.10. The molecular weight excluding hydrogens is 254 g/mol. The molecule has 106 valence electrons. The Morgan fingerprint density at radius 1 is 1.40 bits per heavy atom. The maximum atomic E-state index is 11.9. The third-order valence-corrected chi connectivity index (χ3v) is 4.03. The van der Waals surface area contributed by atoms with E-state index in [4.69, 9.17) is 5.11 Å². The van der Waals surface area contributed by atoms with Crippen molar-refractivity contribution in [3.8, 4) is 0 Å². The number of pyridine rings is 1. The molecule has 0 unspecified atom stereocenters. The van der Waals surface area contributed by atoms with Gasteiger partial charge in [-0.2, -0.15) is 0 Å². The maximum absolute atomic E-state index is 11.9. The summed E-state index contributed by atoms with van der Waals surface area (Å²) < 4.78 is 1.54. The average molecular weight is 273 g/mol. The van der Waals surface area contributed by atoms with Crippen LogP contribution in [-0.4, -0.2) is 27.6 Å². The molecule has 5 nitrogen and oxygen atoms in total. The molecule has 2 aromatic heterocycles. The molecule has 0 spiro atoms. The summed E-state index contributed by atoms with van der Waals surface area (Å²) in [6.45, 7) is 1.72. The smallest absolute Gasteiger partial charge is 0.258 e. The summed E-state index contributed by atoms with van der Waals surface area (Å²) in [4.78, 5) is 16.4. The molecule has 0 amide bonds. The van der Waals surface area contributed by atoms with E-state index < -0.39 is 0 Å². The van der Waals surface area contributed by atoms with Crippen molar-refractivity contribution in [3.63, 3.8) is 0 Å². The zero-order chi connectivity index (χ0) is 14.0. The van der Waals surface area contributed by atoms with Crippen LogP contribution < -0.4 is 10.9 Å². The van der Waals surface area contributed by atoms with Gasteiger partial charge in [0.05, 0.1) is 5.69 Å². The Kier molecular flexibility index (Phi) is 3.54. The van der Waals surface area contributed by atoms with Gasteiger partial charge in [-0.1, -0.05) is 6.07 Å². The Hall–Kier alpha value is -1.72. The normalized spacial score (nSPS) is 16.4. The van der Waals surface area contributed by atoms with E-state index in [1.807, 2.05) is 18.2 Å². The van der Waals surface area contributed by atoms with Gasteiger partial charge in [-0.25, -0.2) is 4.98 Å². The van der Waals surface area contributed by atoms with E-state index in [2.05, 4.69) is 10.3 Å². The van der Waals surface area contributed by atoms with Crippen molar-refractivity contribution in [2.24, 2.45) is 5.41 Å². The molecule has 0 atom stereocenters. The fraction of sp³-hybridized carbons (Fsp3) is 0.467. The molecule has 1 aliphatic rings. The zero-order valence-corrected chi connectivity index (χ0v) is 11.4. The molecule has 0 aliphatic heterocycles. The van der Waals surface area contributed by atoms with E-state index in [1.165, 1.54) is 17.2 Å². The molecule has 2 N–H and O–H groups in total. The molecule has 1 aliphatic carbocycles. The first kappa shape index (κ1) is 13.3. The van der Waals surface area contributed by atoms with E-state index in [9.17, 15) is 4.79 Å². The number of aromatic nitrogens is 2. The van der Waals surface area contributed by atoms with Gasteiger partial charge in [-0.05, 0) is 36.8 Å². The molecule has 5 heteroatoms. The molecule has 0 saturated heterocycles. The first-order valence-electron chi connectivity index (χ1n) is 7.01. The minimum absolute atomic E-state index is 0.0520. The highest BCUT2D eigenvalue weighted by Crippen LogP contribution is 2.47. The molecule has 0 aromatic carbocycles. The molecule has 3 rings (SSSR count). The highest BCUT2D eigenvalue weighted by molar-refractivity contribution is 5.37. The van der Waals surface area contributed by atoms with E-state index in [-0.39, 0.29) is 17.6 Å². The molecule has 20 heavy (non-hydrogen) atoms. The maximum Gasteiger partial charge on any atom is 0.258 e. The highest BCUT2D eigenvalue weighted by Gasteiger charge is 2.41. The number of aliphatic hydroxyl groups excluding tert-OH is 1. The van der Waals surface area contributed by atoms with Crippen molar-refractivity contribution in [1.82, 2.24) is 14.7 Å². The Morgan fingerprint density at radius 2 is 2.25 bits per heavy atom. The van der Waals surface area contributed by atoms with Crippen LogP contribution in [0.25, 0.3) is 5.65 Å². The first-order chi connectivity index (χ1) is 9.72. The van der Waals surface area contributed by atoms with Gasteiger partial charge in [-0.3, -0.25) is 9.20 Å². The van der Waals surface area contributed by atoms with Gasteiger partial charge in [0.25, 0.3) is 5.56 Å². The summed E-state index contributed by atoms with van der Waals surface area (Å²) in [5.41, 5.74) is 1.67. The van der Waals surface area contributed by atoms with E-state index in [0.717, 1.165) is 18.7 Å². The summed E-state index contributed by atoms with van der Waals surface area (Å²) in [5, 5.41) is 12.4. The standard InChI is InChI=1S/C15H19N3O2/c19-8-6-15(4-5-15)11-16-10-12-9-14(20)18-7-2-1-3-13(18)17-12/h1-3,7,9,16,19H,4-6,8,10-11H2. The van der Waals surface area contributed by atoms with Gasteiger partial charge in [0, 0.05) is 32.0 Å². The molecule has 1 saturated carbocycles. The predicted octanol–water partition coefficient (Wildman–Crippen LogP) is 0.947. The average Bonchev–Trinajstić information content (AvgIpc) is 3.19. The Bertz CT molecular complexity index is 661. The number of hydrogen-bond donors (Lipinski definition) is 2. The van der Waals surface area contributed by atoms with Crippen LogP contribution in [0.5, 0.6) is 0 Å². The van der Waals surface area contributed by atoms with Crippen LogP contribution in [-0.2, 0) is 6.54 Å². The van der Waals surface area contributed by atoms with Crippen molar-refractivity contribution in [2.45, 2.75) is 25.8 Å². The van der Waals surface area contributed by atoms with Crippen molar-refractivity contribution in [2.75, 3.05) is 13.2 Å². The van der Waals surface area contributed by atoms with E-state index in [0.29, 0.717) is 12.2 Å². The number of rotatable bonds is 6. The summed E-state index contributed by atoms with van der Waals surface area (Å²) in [6.07, 6.45) is 4.93. The molecule has 0 radical (unpaired) electrons. The Balaban J connectivity index is 1.67. The fourth-order valence-electron chi connectivity index (χ4n) is 2.58. The summed E-state index contributed by atoms with van der Waals surface area (Å²) in [5.74, 6) is 0. The number of aliphatic hydroxyl groups is 1. The van der Waals surface area contributed by atoms with Gasteiger partial charge in [0.1, 0.15) is 5.65 Å². The third-order valence-electron chi connectivity index (χ3n) is 4.03. The topological polar surface area (TPSA) is 66.6 Å². The molecule has 1 fully saturated rings.